The number of nitrogens with zero attached hydrogens (tertiary/aromatic N) is 1. The molecule has 28 heavy (non-hydrogen) atoms. The number of anilines is 1. The van der Waals surface area contributed by atoms with E-state index in [1.165, 1.54) is 11.1 Å². The number of methoxy groups -OCH3 is 3. The molecule has 6 nitrogen and oxygen atoms in total. The van der Waals surface area contributed by atoms with Crippen molar-refractivity contribution in [1.82, 2.24) is 5.32 Å². The van der Waals surface area contributed by atoms with Crippen molar-refractivity contribution in [2.45, 2.75) is 26.8 Å². The quantitative estimate of drug-likeness (QED) is 0.319. The molecule has 0 heterocycles. The lowest BCUT2D eigenvalue weighted by Gasteiger charge is -2.16. The Bertz CT molecular complexity index is 756. The zero-order chi connectivity index (χ0) is 19.6. The monoisotopic (exact) mass is 499 g/mol. The minimum atomic E-state index is 0. The van der Waals surface area contributed by atoms with Gasteiger partial charge in [-0.1, -0.05) is 31.2 Å². The van der Waals surface area contributed by atoms with Crippen LogP contribution in [-0.4, -0.2) is 33.8 Å². The molecule has 0 amide bonds. The van der Waals surface area contributed by atoms with Crippen molar-refractivity contribution in [2.24, 2.45) is 4.99 Å². The standard InChI is InChI=1S/C21H29N3O3.HI/c1-6-15-10-8-9-11-16(15)14-23-21(22-7-2)24-17-12-18(25-3)20(27-5)19(13-17)26-4;/h8-13H,6-7,14H2,1-5H3,(H2,22,23,24);1H. The Kier molecular flexibility index (Phi) is 10.5. The second kappa shape index (κ2) is 12.3. The molecule has 2 aromatic rings. The van der Waals surface area contributed by atoms with Crippen LogP contribution in [0.4, 0.5) is 5.69 Å². The Labute approximate surface area is 184 Å². The number of hydrogen-bond donors (Lipinski definition) is 2. The van der Waals surface area contributed by atoms with Gasteiger partial charge in [-0.3, -0.25) is 0 Å². The Balaban J connectivity index is 0.00000392. The molecule has 0 aliphatic rings. The highest BCUT2D eigenvalue weighted by Gasteiger charge is 2.14. The highest BCUT2D eigenvalue weighted by Crippen LogP contribution is 2.39. The zero-order valence-electron chi connectivity index (χ0n) is 17.2. The van der Waals surface area contributed by atoms with Gasteiger partial charge in [-0.25, -0.2) is 4.99 Å². The van der Waals surface area contributed by atoms with E-state index in [0.29, 0.717) is 29.8 Å². The summed E-state index contributed by atoms with van der Waals surface area (Å²) in [7, 11) is 4.79. The maximum absolute atomic E-state index is 5.42. The molecular weight excluding hydrogens is 469 g/mol. The molecule has 0 atom stereocenters. The van der Waals surface area contributed by atoms with Gasteiger partial charge in [0, 0.05) is 24.4 Å². The first-order valence-electron chi connectivity index (χ1n) is 9.08. The van der Waals surface area contributed by atoms with Crippen molar-refractivity contribution in [3.63, 3.8) is 0 Å². The average Bonchev–Trinajstić information content (AvgIpc) is 2.71. The molecule has 7 heteroatoms. The maximum Gasteiger partial charge on any atom is 0.203 e. The van der Waals surface area contributed by atoms with Crippen LogP contribution in [0.25, 0.3) is 0 Å². The molecule has 0 bridgehead atoms. The van der Waals surface area contributed by atoms with Gasteiger partial charge >= 0.3 is 0 Å². The van der Waals surface area contributed by atoms with Crippen molar-refractivity contribution < 1.29 is 14.2 Å². The Morgan fingerprint density at radius 1 is 0.929 bits per heavy atom. The number of benzene rings is 2. The SMILES string of the molecule is CCNC(=NCc1ccccc1CC)Nc1cc(OC)c(OC)c(OC)c1.I. The fourth-order valence-corrected chi connectivity index (χ4v) is 2.82. The molecule has 0 fully saturated rings. The molecule has 2 rings (SSSR count). The van der Waals surface area contributed by atoms with Crippen LogP contribution in [-0.2, 0) is 13.0 Å². The fourth-order valence-electron chi connectivity index (χ4n) is 2.82. The number of hydrogen-bond acceptors (Lipinski definition) is 4. The lowest BCUT2D eigenvalue weighted by atomic mass is 10.1. The fraction of sp³-hybridized carbons (Fsp3) is 0.381. The minimum absolute atomic E-state index is 0. The second-order valence-electron chi connectivity index (χ2n) is 5.86. The van der Waals surface area contributed by atoms with Gasteiger partial charge in [0.1, 0.15) is 0 Å². The average molecular weight is 499 g/mol. The molecule has 0 aliphatic carbocycles. The predicted molar refractivity (Wildman–Crippen MR) is 126 cm³/mol. The number of guanidine groups is 1. The Morgan fingerprint density at radius 2 is 1.54 bits per heavy atom. The van der Waals surface area contributed by atoms with Gasteiger partial charge in [0.2, 0.25) is 5.75 Å². The highest BCUT2D eigenvalue weighted by atomic mass is 127. The molecule has 0 unspecified atom stereocenters. The van der Waals surface area contributed by atoms with Crippen LogP contribution in [0.5, 0.6) is 17.2 Å². The van der Waals surface area contributed by atoms with Gasteiger partial charge in [-0.2, -0.15) is 0 Å². The molecule has 2 N–H and O–H groups in total. The van der Waals surface area contributed by atoms with E-state index in [-0.39, 0.29) is 24.0 Å². The lowest BCUT2D eigenvalue weighted by Crippen LogP contribution is -2.30. The van der Waals surface area contributed by atoms with Crippen LogP contribution < -0.4 is 24.8 Å². The Hall–Kier alpha value is -2.16. The van der Waals surface area contributed by atoms with E-state index in [4.69, 9.17) is 19.2 Å². The van der Waals surface area contributed by atoms with E-state index in [9.17, 15) is 0 Å². The molecule has 0 radical (unpaired) electrons. The molecule has 2 aromatic carbocycles. The van der Waals surface area contributed by atoms with Crippen LogP contribution in [0.15, 0.2) is 41.4 Å². The lowest BCUT2D eigenvalue weighted by molar-refractivity contribution is 0.324. The Morgan fingerprint density at radius 3 is 2.04 bits per heavy atom. The first-order valence-corrected chi connectivity index (χ1v) is 9.08. The molecule has 0 aliphatic heterocycles. The summed E-state index contributed by atoms with van der Waals surface area (Å²) in [6, 6.07) is 12.1. The number of rotatable bonds is 8. The maximum atomic E-state index is 5.42. The van der Waals surface area contributed by atoms with Gasteiger partial charge in [0.15, 0.2) is 17.5 Å². The number of ether oxygens (including phenoxy) is 3. The normalized spacial score (nSPS) is 10.7. The van der Waals surface area contributed by atoms with Crippen molar-refractivity contribution in [1.29, 1.82) is 0 Å². The van der Waals surface area contributed by atoms with Crippen LogP contribution in [0, 0.1) is 0 Å². The highest BCUT2D eigenvalue weighted by molar-refractivity contribution is 14.0. The van der Waals surface area contributed by atoms with E-state index in [2.05, 4.69) is 35.8 Å². The number of aliphatic imine (C=N–C) groups is 1. The zero-order valence-corrected chi connectivity index (χ0v) is 19.5. The van der Waals surface area contributed by atoms with Crippen LogP contribution in [0.3, 0.4) is 0 Å². The first-order chi connectivity index (χ1) is 13.2. The summed E-state index contributed by atoms with van der Waals surface area (Å²) in [4.78, 5) is 4.72. The summed E-state index contributed by atoms with van der Waals surface area (Å²) in [5.41, 5.74) is 3.33. The third-order valence-electron chi connectivity index (χ3n) is 4.18. The summed E-state index contributed by atoms with van der Waals surface area (Å²) in [5.74, 6) is 2.43. The molecule has 0 spiro atoms. The summed E-state index contributed by atoms with van der Waals surface area (Å²) in [6.45, 7) is 5.55. The van der Waals surface area contributed by atoms with E-state index < -0.39 is 0 Å². The second-order valence-corrected chi connectivity index (χ2v) is 5.86. The summed E-state index contributed by atoms with van der Waals surface area (Å²) < 4.78 is 16.2. The number of halogens is 1. The van der Waals surface area contributed by atoms with Crippen molar-refractivity contribution in [3.8, 4) is 17.2 Å². The van der Waals surface area contributed by atoms with Crippen molar-refractivity contribution in [3.05, 3.63) is 47.5 Å². The van der Waals surface area contributed by atoms with Gasteiger partial charge < -0.3 is 24.8 Å². The third-order valence-corrected chi connectivity index (χ3v) is 4.18. The molecule has 154 valence electrons. The topological polar surface area (TPSA) is 64.1 Å². The molecule has 0 saturated carbocycles. The van der Waals surface area contributed by atoms with Crippen LogP contribution in [0.1, 0.15) is 25.0 Å². The summed E-state index contributed by atoms with van der Waals surface area (Å²) in [5, 5.41) is 6.58. The summed E-state index contributed by atoms with van der Waals surface area (Å²) in [6.07, 6.45) is 0.989. The van der Waals surface area contributed by atoms with Crippen LogP contribution >= 0.6 is 24.0 Å². The van der Waals surface area contributed by atoms with Crippen molar-refractivity contribution >= 4 is 35.6 Å². The number of nitrogens with one attached hydrogen (secondary N) is 2. The van der Waals surface area contributed by atoms with Gasteiger partial charge in [-0.15, -0.1) is 24.0 Å². The molecular formula is C21H30IN3O3. The first kappa shape index (κ1) is 23.9. The van der Waals surface area contributed by atoms with Crippen LogP contribution in [0.2, 0.25) is 0 Å². The molecule has 0 aromatic heterocycles. The van der Waals surface area contributed by atoms with Gasteiger partial charge in [0.25, 0.3) is 0 Å². The van der Waals surface area contributed by atoms with E-state index in [1.54, 1.807) is 21.3 Å². The van der Waals surface area contributed by atoms with Gasteiger partial charge in [-0.05, 0) is 24.5 Å². The smallest absolute Gasteiger partial charge is 0.203 e. The number of aryl methyl sites for hydroxylation is 1. The van der Waals surface area contributed by atoms with E-state index in [0.717, 1.165) is 18.7 Å². The summed E-state index contributed by atoms with van der Waals surface area (Å²) >= 11 is 0. The molecule has 0 saturated heterocycles. The predicted octanol–water partition coefficient (Wildman–Crippen LogP) is 4.47. The van der Waals surface area contributed by atoms with Crippen molar-refractivity contribution in [2.75, 3.05) is 33.2 Å². The largest absolute Gasteiger partial charge is 0.493 e. The van der Waals surface area contributed by atoms with Gasteiger partial charge in [0.05, 0.1) is 27.9 Å². The third kappa shape index (κ3) is 6.19. The minimum Gasteiger partial charge on any atom is -0.493 e. The van der Waals surface area contributed by atoms with E-state index in [1.807, 2.05) is 25.1 Å². The van der Waals surface area contributed by atoms with E-state index >= 15 is 0 Å².